The Morgan fingerprint density at radius 3 is 2.50 bits per heavy atom. The highest BCUT2D eigenvalue weighted by molar-refractivity contribution is 5.91. The van der Waals surface area contributed by atoms with Crippen molar-refractivity contribution >= 4 is 27.8 Å². The quantitative estimate of drug-likeness (QED) is 0.377. The van der Waals surface area contributed by atoms with E-state index in [2.05, 4.69) is 46.3 Å². The van der Waals surface area contributed by atoms with Crippen molar-refractivity contribution in [3.8, 4) is 0 Å². The molecule has 6 heteroatoms. The number of piperidine rings is 1. The van der Waals surface area contributed by atoms with E-state index in [1.807, 2.05) is 28.8 Å². The van der Waals surface area contributed by atoms with Crippen LogP contribution in [0.3, 0.4) is 0 Å². The Balaban J connectivity index is 1.26. The zero-order valence-corrected chi connectivity index (χ0v) is 20.4. The summed E-state index contributed by atoms with van der Waals surface area (Å²) in [6.07, 6.45) is 5.14. The van der Waals surface area contributed by atoms with Crippen LogP contribution < -0.4 is 5.56 Å². The van der Waals surface area contributed by atoms with E-state index in [9.17, 15) is 9.59 Å². The molecular formula is C30H29N3O3. The number of rotatable bonds is 4. The standard InChI is InChI=1S/C30H29N3O3/c1-2-36-30(35)28-29(34)33(25-12-4-3-11-24(25)31-28)22-16-20-13-14-21(17-22)32(20)26-15-19-9-5-7-18-8-6-10-23(26)27(18)19/h3-12,20-22,26H,2,13-17H2,1H3/t20-,21+,22+,26?. The molecule has 3 aliphatic rings. The number of carbonyl (C=O) groups excluding carboxylic acids is 1. The Labute approximate surface area is 209 Å². The number of fused-ring (bicyclic) bond motifs is 3. The molecule has 1 aromatic heterocycles. The molecule has 4 aromatic rings. The number of esters is 1. The molecule has 2 saturated heterocycles. The first-order valence-corrected chi connectivity index (χ1v) is 13.1. The molecule has 1 unspecified atom stereocenters. The van der Waals surface area contributed by atoms with Crippen molar-refractivity contribution in [1.29, 1.82) is 0 Å². The van der Waals surface area contributed by atoms with Crippen molar-refractivity contribution in [2.75, 3.05) is 6.61 Å². The van der Waals surface area contributed by atoms with Crippen LogP contribution in [0.4, 0.5) is 0 Å². The molecule has 7 rings (SSSR count). The second-order valence-corrected chi connectivity index (χ2v) is 10.4. The SMILES string of the molecule is CCOC(=O)c1nc2ccccc2n([C@H]2C[C@H]3CC[C@@H](C2)N3C2Cc3cccc4cccc2c34)c1=O. The summed E-state index contributed by atoms with van der Waals surface area (Å²) in [5.41, 5.74) is 3.92. The molecule has 2 fully saturated rings. The zero-order chi connectivity index (χ0) is 24.4. The molecule has 0 radical (unpaired) electrons. The first-order valence-electron chi connectivity index (χ1n) is 13.1. The van der Waals surface area contributed by atoms with E-state index < -0.39 is 5.97 Å². The molecule has 0 amide bonds. The molecule has 0 saturated carbocycles. The summed E-state index contributed by atoms with van der Waals surface area (Å²) in [5, 5.41) is 2.76. The van der Waals surface area contributed by atoms with Gasteiger partial charge in [0.25, 0.3) is 5.56 Å². The number of carbonyl (C=O) groups is 1. The Hall–Kier alpha value is -3.51. The minimum atomic E-state index is -0.640. The fourth-order valence-electron chi connectivity index (χ4n) is 7.24. The molecule has 2 aliphatic heterocycles. The van der Waals surface area contributed by atoms with Gasteiger partial charge in [0.2, 0.25) is 5.69 Å². The van der Waals surface area contributed by atoms with Crippen molar-refractivity contribution in [3.63, 3.8) is 0 Å². The maximum atomic E-state index is 13.6. The van der Waals surface area contributed by atoms with Crippen molar-refractivity contribution in [1.82, 2.24) is 14.5 Å². The topological polar surface area (TPSA) is 64.4 Å². The summed E-state index contributed by atoms with van der Waals surface area (Å²) in [5.74, 6) is -0.640. The molecule has 3 heterocycles. The van der Waals surface area contributed by atoms with E-state index in [1.165, 1.54) is 21.9 Å². The van der Waals surface area contributed by atoms with Crippen molar-refractivity contribution < 1.29 is 9.53 Å². The summed E-state index contributed by atoms with van der Waals surface area (Å²) in [6.45, 7) is 1.96. The molecule has 1 aliphatic carbocycles. The van der Waals surface area contributed by atoms with Gasteiger partial charge in [-0.25, -0.2) is 9.78 Å². The Kier molecular flexibility index (Phi) is 5.00. The number of para-hydroxylation sites is 2. The summed E-state index contributed by atoms with van der Waals surface area (Å²) in [4.78, 5) is 33.4. The van der Waals surface area contributed by atoms with Gasteiger partial charge in [-0.2, -0.15) is 0 Å². The van der Waals surface area contributed by atoms with Crippen LogP contribution >= 0.6 is 0 Å². The van der Waals surface area contributed by atoms with Crippen LogP contribution in [0.25, 0.3) is 21.8 Å². The van der Waals surface area contributed by atoms with Gasteiger partial charge in [-0.1, -0.05) is 48.5 Å². The number of ether oxygens (including phenoxy) is 1. The minimum absolute atomic E-state index is 0.0342. The Bertz CT molecular complexity index is 1560. The van der Waals surface area contributed by atoms with E-state index in [1.54, 1.807) is 6.92 Å². The molecule has 0 spiro atoms. The van der Waals surface area contributed by atoms with Gasteiger partial charge in [-0.05, 0) is 73.1 Å². The van der Waals surface area contributed by atoms with Crippen LogP contribution in [0.2, 0.25) is 0 Å². The normalized spacial score (nSPS) is 25.0. The Morgan fingerprint density at radius 1 is 0.972 bits per heavy atom. The average molecular weight is 480 g/mol. The van der Waals surface area contributed by atoms with Gasteiger partial charge in [0.05, 0.1) is 17.6 Å². The van der Waals surface area contributed by atoms with E-state index in [4.69, 9.17) is 4.74 Å². The lowest BCUT2D eigenvalue weighted by Crippen LogP contribution is -2.47. The maximum Gasteiger partial charge on any atom is 0.362 e. The number of hydrogen-bond acceptors (Lipinski definition) is 5. The number of hydrogen-bond donors (Lipinski definition) is 0. The summed E-state index contributed by atoms with van der Waals surface area (Å²) in [6, 6.07) is 22.3. The summed E-state index contributed by atoms with van der Waals surface area (Å²) in [7, 11) is 0. The highest BCUT2D eigenvalue weighted by Crippen LogP contribution is 2.50. The van der Waals surface area contributed by atoms with Gasteiger partial charge in [0.1, 0.15) is 0 Å². The van der Waals surface area contributed by atoms with Crippen molar-refractivity contribution in [2.24, 2.45) is 0 Å². The second-order valence-electron chi connectivity index (χ2n) is 10.4. The lowest BCUT2D eigenvalue weighted by Gasteiger charge is -2.43. The lowest BCUT2D eigenvalue weighted by atomic mass is 9.92. The largest absolute Gasteiger partial charge is 0.461 e. The van der Waals surface area contributed by atoms with Crippen LogP contribution in [0.15, 0.2) is 65.5 Å². The predicted octanol–water partition coefficient (Wildman–Crippen LogP) is 5.19. The van der Waals surface area contributed by atoms with Gasteiger partial charge >= 0.3 is 5.97 Å². The van der Waals surface area contributed by atoms with Gasteiger partial charge in [-0.3, -0.25) is 9.69 Å². The highest BCUT2D eigenvalue weighted by Gasteiger charge is 2.46. The first kappa shape index (κ1) is 21.7. The third-order valence-corrected chi connectivity index (χ3v) is 8.55. The molecular weight excluding hydrogens is 450 g/mol. The Morgan fingerprint density at radius 2 is 1.72 bits per heavy atom. The van der Waals surface area contributed by atoms with Crippen molar-refractivity contribution in [2.45, 2.75) is 63.2 Å². The third kappa shape index (κ3) is 3.17. The van der Waals surface area contributed by atoms with Gasteiger partial charge in [-0.15, -0.1) is 0 Å². The van der Waals surface area contributed by atoms with E-state index in [0.717, 1.165) is 37.6 Å². The number of benzene rings is 3. The van der Waals surface area contributed by atoms with Crippen LogP contribution in [0, 0.1) is 0 Å². The second kappa shape index (κ2) is 8.27. The minimum Gasteiger partial charge on any atom is -0.461 e. The van der Waals surface area contributed by atoms with Gasteiger partial charge in [0.15, 0.2) is 0 Å². The van der Waals surface area contributed by atoms with Crippen LogP contribution in [-0.2, 0) is 11.2 Å². The maximum absolute atomic E-state index is 13.6. The zero-order valence-electron chi connectivity index (χ0n) is 20.4. The third-order valence-electron chi connectivity index (χ3n) is 8.55. The average Bonchev–Trinajstić information content (AvgIpc) is 3.38. The summed E-state index contributed by atoms with van der Waals surface area (Å²) >= 11 is 0. The van der Waals surface area contributed by atoms with E-state index >= 15 is 0 Å². The number of aromatic nitrogens is 2. The van der Waals surface area contributed by atoms with Crippen LogP contribution in [0.5, 0.6) is 0 Å². The molecule has 36 heavy (non-hydrogen) atoms. The number of nitrogens with zero attached hydrogens (tertiary/aromatic N) is 3. The fourth-order valence-corrected chi connectivity index (χ4v) is 7.24. The molecule has 0 N–H and O–H groups in total. The predicted molar refractivity (Wildman–Crippen MR) is 139 cm³/mol. The van der Waals surface area contributed by atoms with Crippen LogP contribution in [-0.4, -0.2) is 39.1 Å². The first-order chi connectivity index (χ1) is 17.6. The molecule has 6 nitrogen and oxygen atoms in total. The molecule has 4 atom stereocenters. The van der Waals surface area contributed by atoms with Crippen molar-refractivity contribution in [3.05, 3.63) is 87.8 Å². The van der Waals surface area contributed by atoms with E-state index in [-0.39, 0.29) is 23.9 Å². The van der Waals surface area contributed by atoms with Crippen LogP contribution in [0.1, 0.15) is 66.3 Å². The monoisotopic (exact) mass is 479 g/mol. The van der Waals surface area contributed by atoms with Gasteiger partial charge < -0.3 is 9.30 Å². The molecule has 3 aromatic carbocycles. The van der Waals surface area contributed by atoms with E-state index in [0.29, 0.717) is 23.6 Å². The fraction of sp³-hybridized carbons (Fsp3) is 0.367. The highest BCUT2D eigenvalue weighted by atomic mass is 16.5. The molecule has 182 valence electrons. The smallest absolute Gasteiger partial charge is 0.362 e. The molecule has 2 bridgehead atoms. The van der Waals surface area contributed by atoms with Gasteiger partial charge in [0, 0.05) is 24.2 Å². The summed E-state index contributed by atoms with van der Waals surface area (Å²) < 4.78 is 7.02. The lowest BCUT2D eigenvalue weighted by molar-refractivity contribution is 0.0512.